The van der Waals surface area contributed by atoms with E-state index in [4.69, 9.17) is 4.98 Å². The summed E-state index contributed by atoms with van der Waals surface area (Å²) in [4.78, 5) is 9.39. The number of nitrogens with one attached hydrogen (secondary N) is 1. The number of rotatable bonds is 2. The van der Waals surface area contributed by atoms with Crippen LogP contribution in [0, 0.1) is 6.92 Å². The van der Waals surface area contributed by atoms with E-state index in [9.17, 15) is 0 Å². The molecule has 0 saturated heterocycles. The summed E-state index contributed by atoms with van der Waals surface area (Å²) in [6.07, 6.45) is 8.39. The number of aromatic nitrogens is 3. The molecule has 108 valence electrons. The van der Waals surface area contributed by atoms with Crippen molar-refractivity contribution >= 4 is 22.5 Å². The lowest BCUT2D eigenvalue weighted by Gasteiger charge is -2.23. The molecule has 0 radical (unpaired) electrons. The van der Waals surface area contributed by atoms with E-state index >= 15 is 0 Å². The Hall–Kier alpha value is -2.10. The van der Waals surface area contributed by atoms with Crippen molar-refractivity contribution in [2.45, 2.75) is 45.1 Å². The minimum absolute atomic E-state index is 0.535. The second-order valence-electron chi connectivity index (χ2n) is 5.99. The van der Waals surface area contributed by atoms with Gasteiger partial charge in [0.05, 0.1) is 11.0 Å². The van der Waals surface area contributed by atoms with Crippen molar-refractivity contribution in [3.05, 3.63) is 36.2 Å². The maximum atomic E-state index is 4.82. The van der Waals surface area contributed by atoms with Crippen LogP contribution in [0.5, 0.6) is 0 Å². The second kappa shape index (κ2) is 5.02. The molecule has 4 heteroatoms. The summed E-state index contributed by atoms with van der Waals surface area (Å²) in [5.41, 5.74) is 4.23. The van der Waals surface area contributed by atoms with Gasteiger partial charge in [0, 0.05) is 17.9 Å². The molecule has 0 spiro atoms. The lowest BCUT2D eigenvalue weighted by atomic mass is 9.95. The lowest BCUT2D eigenvalue weighted by Crippen LogP contribution is -2.23. The summed E-state index contributed by atoms with van der Waals surface area (Å²) in [6, 6.07) is 8.80. The van der Waals surface area contributed by atoms with Crippen molar-refractivity contribution in [1.29, 1.82) is 0 Å². The topological polar surface area (TPSA) is 42.2 Å². The van der Waals surface area contributed by atoms with E-state index in [0.29, 0.717) is 6.04 Å². The van der Waals surface area contributed by atoms with Crippen LogP contribution in [0.15, 0.2) is 30.5 Å². The zero-order chi connectivity index (χ0) is 14.2. The normalized spacial score (nSPS) is 16.6. The van der Waals surface area contributed by atoms with Crippen molar-refractivity contribution in [3.8, 4) is 0 Å². The minimum atomic E-state index is 0.535. The van der Waals surface area contributed by atoms with Crippen LogP contribution in [0.3, 0.4) is 0 Å². The molecule has 0 bridgehead atoms. The van der Waals surface area contributed by atoms with Crippen LogP contribution in [0.2, 0.25) is 0 Å². The summed E-state index contributed by atoms with van der Waals surface area (Å²) >= 11 is 0. The number of aryl methyl sites for hydroxylation is 1. The molecule has 1 aliphatic rings. The first-order chi connectivity index (χ1) is 10.3. The monoisotopic (exact) mass is 280 g/mol. The number of hydrogen-bond donors (Lipinski definition) is 1. The summed E-state index contributed by atoms with van der Waals surface area (Å²) in [5.74, 6) is 0.925. The Balaban J connectivity index is 1.86. The SMILES string of the molecule is Cc1cnc2c(NC3CCCCC3)nc3ccccc3n12. The Labute approximate surface area is 124 Å². The molecule has 2 aromatic heterocycles. The predicted molar refractivity (Wildman–Crippen MR) is 85.7 cm³/mol. The van der Waals surface area contributed by atoms with Crippen molar-refractivity contribution < 1.29 is 0 Å². The standard InChI is InChI=1S/C17H20N4/c1-12-11-18-17-16(19-13-7-3-2-4-8-13)20-14-9-5-6-10-15(14)21(12)17/h5-6,9-11,13H,2-4,7-8H2,1H3,(H,19,20). The summed E-state index contributed by atoms with van der Waals surface area (Å²) in [7, 11) is 0. The van der Waals surface area contributed by atoms with E-state index in [1.807, 2.05) is 12.3 Å². The first-order valence-electron chi connectivity index (χ1n) is 7.82. The molecule has 0 amide bonds. The molecule has 1 aliphatic carbocycles. The highest BCUT2D eigenvalue weighted by Gasteiger charge is 2.17. The Bertz CT molecular complexity index is 784. The number of hydrogen-bond acceptors (Lipinski definition) is 3. The quantitative estimate of drug-likeness (QED) is 0.773. The molecule has 1 fully saturated rings. The minimum Gasteiger partial charge on any atom is -0.364 e. The van der Waals surface area contributed by atoms with Crippen molar-refractivity contribution in [3.63, 3.8) is 0 Å². The Kier molecular flexibility index (Phi) is 3.02. The Morgan fingerprint density at radius 2 is 1.95 bits per heavy atom. The molecule has 4 rings (SSSR count). The van der Waals surface area contributed by atoms with Gasteiger partial charge in [0.1, 0.15) is 0 Å². The summed E-state index contributed by atoms with van der Waals surface area (Å²) < 4.78 is 2.20. The van der Waals surface area contributed by atoms with Gasteiger partial charge in [0.2, 0.25) is 0 Å². The van der Waals surface area contributed by atoms with Gasteiger partial charge in [-0.2, -0.15) is 0 Å². The van der Waals surface area contributed by atoms with Gasteiger partial charge in [0.25, 0.3) is 0 Å². The molecular formula is C17H20N4. The number of anilines is 1. The number of benzene rings is 1. The van der Waals surface area contributed by atoms with Crippen LogP contribution in [-0.4, -0.2) is 20.4 Å². The number of fused-ring (bicyclic) bond motifs is 3. The molecule has 21 heavy (non-hydrogen) atoms. The maximum absolute atomic E-state index is 4.82. The van der Waals surface area contributed by atoms with Gasteiger partial charge in [-0.1, -0.05) is 31.4 Å². The third-order valence-electron chi connectivity index (χ3n) is 4.45. The average molecular weight is 280 g/mol. The van der Waals surface area contributed by atoms with Gasteiger partial charge in [0.15, 0.2) is 11.5 Å². The van der Waals surface area contributed by atoms with Crippen LogP contribution in [0.1, 0.15) is 37.8 Å². The van der Waals surface area contributed by atoms with Crippen molar-refractivity contribution in [2.24, 2.45) is 0 Å². The first-order valence-corrected chi connectivity index (χ1v) is 7.82. The van der Waals surface area contributed by atoms with Gasteiger partial charge in [-0.3, -0.25) is 4.40 Å². The Morgan fingerprint density at radius 1 is 1.14 bits per heavy atom. The van der Waals surface area contributed by atoms with E-state index < -0.39 is 0 Å². The maximum Gasteiger partial charge on any atom is 0.180 e. The first kappa shape index (κ1) is 12.6. The van der Waals surface area contributed by atoms with Crippen LogP contribution in [0.4, 0.5) is 5.82 Å². The largest absolute Gasteiger partial charge is 0.364 e. The zero-order valence-electron chi connectivity index (χ0n) is 12.3. The number of imidazole rings is 1. The fraction of sp³-hybridized carbons (Fsp3) is 0.412. The average Bonchev–Trinajstić information content (AvgIpc) is 2.91. The van der Waals surface area contributed by atoms with Gasteiger partial charge >= 0.3 is 0 Å². The van der Waals surface area contributed by atoms with Gasteiger partial charge in [-0.15, -0.1) is 0 Å². The molecule has 0 unspecified atom stereocenters. The predicted octanol–water partition coefficient (Wildman–Crippen LogP) is 3.94. The highest BCUT2D eigenvalue weighted by Crippen LogP contribution is 2.26. The summed E-state index contributed by atoms with van der Waals surface area (Å²) in [5, 5.41) is 3.63. The molecule has 0 aliphatic heterocycles. The highest BCUT2D eigenvalue weighted by atomic mass is 15.1. The molecular weight excluding hydrogens is 260 g/mol. The fourth-order valence-electron chi connectivity index (χ4n) is 3.36. The van der Waals surface area contributed by atoms with E-state index in [1.165, 1.54) is 32.1 Å². The van der Waals surface area contributed by atoms with Gasteiger partial charge in [-0.25, -0.2) is 9.97 Å². The van der Waals surface area contributed by atoms with Gasteiger partial charge < -0.3 is 5.32 Å². The van der Waals surface area contributed by atoms with E-state index in [2.05, 4.69) is 39.8 Å². The lowest BCUT2D eigenvalue weighted by molar-refractivity contribution is 0.462. The van der Waals surface area contributed by atoms with Crippen molar-refractivity contribution in [1.82, 2.24) is 14.4 Å². The number of para-hydroxylation sites is 2. The van der Waals surface area contributed by atoms with Crippen LogP contribution in [0.25, 0.3) is 16.7 Å². The fourth-order valence-corrected chi connectivity index (χ4v) is 3.36. The number of nitrogens with zero attached hydrogens (tertiary/aromatic N) is 3. The molecule has 1 N–H and O–H groups in total. The van der Waals surface area contributed by atoms with Crippen LogP contribution in [-0.2, 0) is 0 Å². The smallest absolute Gasteiger partial charge is 0.180 e. The molecule has 1 saturated carbocycles. The van der Waals surface area contributed by atoms with Crippen LogP contribution < -0.4 is 5.32 Å². The third kappa shape index (κ3) is 2.15. The second-order valence-corrected chi connectivity index (χ2v) is 5.99. The molecule has 0 atom stereocenters. The summed E-state index contributed by atoms with van der Waals surface area (Å²) in [6.45, 7) is 2.09. The molecule has 1 aromatic carbocycles. The molecule has 4 nitrogen and oxygen atoms in total. The molecule has 3 aromatic rings. The van der Waals surface area contributed by atoms with Crippen molar-refractivity contribution in [2.75, 3.05) is 5.32 Å². The Morgan fingerprint density at radius 3 is 2.81 bits per heavy atom. The van der Waals surface area contributed by atoms with E-state index in [-0.39, 0.29) is 0 Å². The zero-order valence-corrected chi connectivity index (χ0v) is 12.3. The van der Waals surface area contributed by atoms with Crippen LogP contribution >= 0.6 is 0 Å². The van der Waals surface area contributed by atoms with E-state index in [1.54, 1.807) is 0 Å². The highest BCUT2D eigenvalue weighted by molar-refractivity contribution is 5.83. The van der Waals surface area contributed by atoms with E-state index in [0.717, 1.165) is 28.2 Å². The third-order valence-corrected chi connectivity index (χ3v) is 4.45. The van der Waals surface area contributed by atoms with Gasteiger partial charge in [-0.05, 0) is 31.9 Å². The molecule has 2 heterocycles.